The van der Waals surface area contributed by atoms with Gasteiger partial charge < -0.3 is 10.0 Å². The second kappa shape index (κ2) is 9.02. The number of hydrogen-bond donors (Lipinski definition) is 1. The summed E-state index contributed by atoms with van der Waals surface area (Å²) in [6, 6.07) is 18.1. The molecule has 3 rings (SSSR count). The molecule has 0 aromatic heterocycles. The fourth-order valence-electron chi connectivity index (χ4n) is 3.52. The van der Waals surface area contributed by atoms with Crippen LogP contribution in [0.1, 0.15) is 30.0 Å². The second-order valence-corrected chi connectivity index (χ2v) is 7.05. The van der Waals surface area contributed by atoms with Crippen LogP contribution < -0.4 is 0 Å². The molecule has 0 saturated carbocycles. The lowest BCUT2D eigenvalue weighted by Crippen LogP contribution is -2.50. The smallest absolute Gasteiger partial charge is 0.303 e. The molecule has 1 amide bonds. The number of halogens is 1. The van der Waals surface area contributed by atoms with Crippen molar-refractivity contribution >= 4 is 23.5 Å². The van der Waals surface area contributed by atoms with Gasteiger partial charge in [-0.15, -0.1) is 0 Å². The molecule has 2 aromatic carbocycles. The van der Waals surface area contributed by atoms with Crippen molar-refractivity contribution in [1.82, 2.24) is 9.80 Å². The third kappa shape index (κ3) is 4.87. The van der Waals surface area contributed by atoms with E-state index in [-0.39, 0.29) is 24.8 Å². The van der Waals surface area contributed by atoms with Gasteiger partial charge in [0.1, 0.15) is 0 Å². The van der Waals surface area contributed by atoms with Crippen molar-refractivity contribution in [3.05, 3.63) is 70.7 Å². The third-order valence-corrected chi connectivity index (χ3v) is 5.24. The highest BCUT2D eigenvalue weighted by Crippen LogP contribution is 2.33. The van der Waals surface area contributed by atoms with Crippen LogP contribution in [0.5, 0.6) is 0 Å². The lowest BCUT2D eigenvalue weighted by molar-refractivity contribution is -0.141. The number of carboxylic acid groups (broad SMARTS) is 1. The number of carboxylic acids is 1. The van der Waals surface area contributed by atoms with E-state index in [0.717, 1.165) is 16.1 Å². The van der Waals surface area contributed by atoms with Crippen LogP contribution in [-0.4, -0.2) is 53.0 Å². The van der Waals surface area contributed by atoms with E-state index in [2.05, 4.69) is 17.0 Å². The van der Waals surface area contributed by atoms with Gasteiger partial charge in [-0.3, -0.25) is 14.5 Å². The zero-order valence-electron chi connectivity index (χ0n) is 15.1. The summed E-state index contributed by atoms with van der Waals surface area (Å²) in [5.74, 6) is -1.03. The number of amides is 1. The minimum absolute atomic E-state index is 0.0242. The van der Waals surface area contributed by atoms with Gasteiger partial charge in [-0.05, 0) is 17.2 Å². The predicted molar refractivity (Wildman–Crippen MR) is 105 cm³/mol. The molecule has 27 heavy (non-hydrogen) atoms. The van der Waals surface area contributed by atoms with E-state index in [1.807, 2.05) is 42.5 Å². The van der Waals surface area contributed by atoms with Crippen LogP contribution in [-0.2, 0) is 9.59 Å². The molecular formula is C21H23ClN2O3. The van der Waals surface area contributed by atoms with Crippen molar-refractivity contribution in [1.29, 1.82) is 0 Å². The summed E-state index contributed by atoms with van der Waals surface area (Å²) in [4.78, 5) is 27.0. The monoisotopic (exact) mass is 386 g/mol. The van der Waals surface area contributed by atoms with Crippen LogP contribution in [0.3, 0.4) is 0 Å². The predicted octanol–water partition coefficient (Wildman–Crippen LogP) is 3.44. The maximum absolute atomic E-state index is 12.2. The number of benzene rings is 2. The molecule has 0 bridgehead atoms. The van der Waals surface area contributed by atoms with Gasteiger partial charge in [-0.25, -0.2) is 0 Å². The minimum atomic E-state index is -0.940. The summed E-state index contributed by atoms with van der Waals surface area (Å²) in [6.07, 6.45) is -0.0622. The lowest BCUT2D eigenvalue weighted by atomic mass is 9.96. The Kier molecular flexibility index (Phi) is 6.48. The molecular weight excluding hydrogens is 364 g/mol. The number of carbonyl (C=O) groups is 2. The molecule has 1 fully saturated rings. The fourth-order valence-corrected chi connectivity index (χ4v) is 3.76. The molecule has 2 aromatic rings. The van der Waals surface area contributed by atoms with E-state index in [0.29, 0.717) is 26.2 Å². The average molecular weight is 387 g/mol. The summed E-state index contributed by atoms with van der Waals surface area (Å²) >= 11 is 6.49. The number of aliphatic carboxylic acids is 1. The SMILES string of the molecule is O=C(O)CCC(=O)N1CCN(C(c2ccccc2)c2ccccc2Cl)CC1. The van der Waals surface area contributed by atoms with Gasteiger partial charge in [0.15, 0.2) is 0 Å². The molecule has 1 aliphatic heterocycles. The van der Waals surface area contributed by atoms with Crippen molar-refractivity contribution in [2.45, 2.75) is 18.9 Å². The van der Waals surface area contributed by atoms with Gasteiger partial charge in [0.2, 0.25) is 5.91 Å². The summed E-state index contributed by atoms with van der Waals surface area (Å²) in [7, 11) is 0. The van der Waals surface area contributed by atoms with Crippen molar-refractivity contribution in [3.8, 4) is 0 Å². The third-order valence-electron chi connectivity index (χ3n) is 4.90. The normalized spacial score (nSPS) is 16.1. The fraction of sp³-hybridized carbons (Fsp3) is 0.333. The molecule has 142 valence electrons. The Balaban J connectivity index is 1.75. The molecule has 5 nitrogen and oxygen atoms in total. The van der Waals surface area contributed by atoms with Crippen LogP contribution in [0, 0.1) is 0 Å². The van der Waals surface area contributed by atoms with Gasteiger partial charge >= 0.3 is 5.97 Å². The van der Waals surface area contributed by atoms with E-state index in [1.54, 1.807) is 4.90 Å². The second-order valence-electron chi connectivity index (χ2n) is 6.65. The average Bonchev–Trinajstić information content (AvgIpc) is 2.69. The largest absolute Gasteiger partial charge is 0.481 e. The highest BCUT2D eigenvalue weighted by molar-refractivity contribution is 6.31. The van der Waals surface area contributed by atoms with Crippen LogP contribution in [0.2, 0.25) is 5.02 Å². The maximum Gasteiger partial charge on any atom is 0.303 e. The lowest BCUT2D eigenvalue weighted by Gasteiger charge is -2.40. The molecule has 0 spiro atoms. The van der Waals surface area contributed by atoms with Crippen molar-refractivity contribution in [2.24, 2.45) is 0 Å². The van der Waals surface area contributed by atoms with Gasteiger partial charge in [-0.2, -0.15) is 0 Å². The number of nitrogens with zero attached hydrogens (tertiary/aromatic N) is 2. The Bertz CT molecular complexity index is 789. The highest BCUT2D eigenvalue weighted by Gasteiger charge is 2.29. The maximum atomic E-state index is 12.2. The first-order valence-electron chi connectivity index (χ1n) is 9.09. The number of hydrogen-bond acceptors (Lipinski definition) is 3. The van der Waals surface area contributed by atoms with E-state index < -0.39 is 5.97 Å². The zero-order chi connectivity index (χ0) is 19.2. The minimum Gasteiger partial charge on any atom is -0.481 e. The molecule has 0 aliphatic carbocycles. The van der Waals surface area contributed by atoms with E-state index in [1.165, 1.54) is 0 Å². The molecule has 1 unspecified atom stereocenters. The molecule has 1 N–H and O–H groups in total. The first kappa shape index (κ1) is 19.4. The Morgan fingerprint density at radius 1 is 0.926 bits per heavy atom. The summed E-state index contributed by atoms with van der Waals surface area (Å²) in [5, 5.41) is 9.49. The highest BCUT2D eigenvalue weighted by atomic mass is 35.5. The van der Waals surface area contributed by atoms with E-state index in [4.69, 9.17) is 16.7 Å². The van der Waals surface area contributed by atoms with Crippen LogP contribution in [0.4, 0.5) is 0 Å². The quantitative estimate of drug-likeness (QED) is 0.826. The molecule has 1 aliphatic rings. The van der Waals surface area contributed by atoms with Crippen molar-refractivity contribution in [2.75, 3.05) is 26.2 Å². The Morgan fingerprint density at radius 2 is 1.56 bits per heavy atom. The standard InChI is InChI=1S/C21H23ClN2O3/c22-18-9-5-4-8-17(18)21(16-6-2-1-3-7-16)24-14-12-23(13-15-24)19(25)10-11-20(26)27/h1-9,21H,10-15H2,(H,26,27). The van der Waals surface area contributed by atoms with Gasteiger partial charge in [0, 0.05) is 37.6 Å². The first-order chi connectivity index (χ1) is 13.1. The number of rotatable bonds is 6. The summed E-state index contributed by atoms with van der Waals surface area (Å²) < 4.78 is 0. The number of carbonyl (C=O) groups excluding carboxylic acids is 1. The number of piperazine rings is 1. The van der Waals surface area contributed by atoms with Crippen molar-refractivity contribution in [3.63, 3.8) is 0 Å². The Morgan fingerprint density at radius 3 is 2.19 bits per heavy atom. The van der Waals surface area contributed by atoms with Crippen LogP contribution in [0.15, 0.2) is 54.6 Å². The molecule has 6 heteroatoms. The Hall–Kier alpha value is -2.37. The summed E-state index contributed by atoms with van der Waals surface area (Å²) in [6.45, 7) is 2.60. The molecule has 1 saturated heterocycles. The molecule has 1 atom stereocenters. The van der Waals surface area contributed by atoms with Crippen LogP contribution in [0.25, 0.3) is 0 Å². The van der Waals surface area contributed by atoms with Crippen LogP contribution >= 0.6 is 11.6 Å². The molecule has 0 radical (unpaired) electrons. The van der Waals surface area contributed by atoms with Crippen molar-refractivity contribution < 1.29 is 14.7 Å². The first-order valence-corrected chi connectivity index (χ1v) is 9.47. The van der Waals surface area contributed by atoms with Gasteiger partial charge in [0.05, 0.1) is 12.5 Å². The molecule has 1 heterocycles. The van der Waals surface area contributed by atoms with E-state index >= 15 is 0 Å². The topological polar surface area (TPSA) is 60.9 Å². The van der Waals surface area contributed by atoms with E-state index in [9.17, 15) is 9.59 Å². The summed E-state index contributed by atoms with van der Waals surface area (Å²) in [5.41, 5.74) is 2.22. The Labute approximate surface area is 164 Å². The van der Waals surface area contributed by atoms with Gasteiger partial charge in [-0.1, -0.05) is 60.1 Å². The van der Waals surface area contributed by atoms with Gasteiger partial charge in [0.25, 0.3) is 0 Å². The zero-order valence-corrected chi connectivity index (χ0v) is 15.8.